The molecule has 2 heterocycles. The highest BCUT2D eigenvalue weighted by atomic mass is 32.2. The minimum Gasteiger partial charge on any atom is -0.496 e. The van der Waals surface area contributed by atoms with Gasteiger partial charge in [-0.3, -0.25) is 0 Å². The Kier molecular flexibility index (Phi) is 4.20. The zero-order valence-corrected chi connectivity index (χ0v) is 14.0. The van der Waals surface area contributed by atoms with Crippen molar-refractivity contribution in [1.29, 1.82) is 0 Å². The van der Waals surface area contributed by atoms with E-state index in [2.05, 4.69) is 20.3 Å². The van der Waals surface area contributed by atoms with Gasteiger partial charge in [0.25, 0.3) is 5.22 Å². The van der Waals surface area contributed by atoms with Crippen molar-refractivity contribution in [3.05, 3.63) is 47.4 Å². The average molecular weight is 344 g/mol. The highest BCUT2D eigenvalue weighted by Gasteiger charge is 2.29. The molecule has 1 aromatic carbocycles. The summed E-state index contributed by atoms with van der Waals surface area (Å²) in [6.07, 6.45) is 2.82. The first-order valence-corrected chi connectivity index (χ1v) is 8.70. The number of hydrogen-bond acceptors (Lipinski definition) is 8. The molecule has 124 valence electrons. The molecule has 0 radical (unpaired) electrons. The Morgan fingerprint density at radius 1 is 1.25 bits per heavy atom. The number of ether oxygens (including phenoxy) is 1. The maximum absolute atomic E-state index is 5.67. The number of nitrogens with zero attached hydrogens (tertiary/aromatic N) is 4. The Labute approximate surface area is 142 Å². The van der Waals surface area contributed by atoms with E-state index in [9.17, 15) is 0 Å². The first kappa shape index (κ1) is 15.2. The highest BCUT2D eigenvalue weighted by Crippen LogP contribution is 2.39. The van der Waals surface area contributed by atoms with Crippen LogP contribution in [0.1, 0.15) is 41.9 Å². The largest absolute Gasteiger partial charge is 0.496 e. The highest BCUT2D eigenvalue weighted by molar-refractivity contribution is 7.98. The van der Waals surface area contributed by atoms with Crippen LogP contribution in [0.4, 0.5) is 0 Å². The molecule has 8 heteroatoms. The van der Waals surface area contributed by atoms with E-state index >= 15 is 0 Å². The molecule has 1 aliphatic rings. The van der Waals surface area contributed by atoms with Crippen LogP contribution in [0.2, 0.25) is 0 Å². The third-order valence-electron chi connectivity index (χ3n) is 3.72. The van der Waals surface area contributed by atoms with Crippen LogP contribution < -0.4 is 4.74 Å². The van der Waals surface area contributed by atoms with Crippen molar-refractivity contribution in [3.8, 4) is 5.75 Å². The van der Waals surface area contributed by atoms with Gasteiger partial charge in [0.2, 0.25) is 11.8 Å². The summed E-state index contributed by atoms with van der Waals surface area (Å²) in [5.74, 6) is 3.77. The van der Waals surface area contributed by atoms with Crippen LogP contribution in [0, 0.1) is 0 Å². The van der Waals surface area contributed by atoms with Crippen LogP contribution in [-0.4, -0.2) is 27.4 Å². The van der Waals surface area contributed by atoms with Gasteiger partial charge < -0.3 is 13.7 Å². The molecule has 0 aliphatic heterocycles. The molecule has 2 aromatic heterocycles. The van der Waals surface area contributed by atoms with E-state index < -0.39 is 0 Å². The standard InChI is InChI=1S/C16H16N4O3S/c1-21-12-5-3-2-4-11(12)8-14-18-19-16(22-14)24-9-13-17-15(23-20-13)10-6-7-10/h2-5,10H,6-9H2,1H3. The molecule has 0 bridgehead atoms. The van der Waals surface area contributed by atoms with Gasteiger partial charge in [0.15, 0.2) is 5.82 Å². The van der Waals surface area contributed by atoms with E-state index in [-0.39, 0.29) is 0 Å². The molecule has 7 nitrogen and oxygen atoms in total. The van der Waals surface area contributed by atoms with Crippen LogP contribution in [0.5, 0.6) is 5.75 Å². The molecule has 0 spiro atoms. The fourth-order valence-corrected chi connectivity index (χ4v) is 2.95. The molecule has 0 amide bonds. The third kappa shape index (κ3) is 3.43. The van der Waals surface area contributed by atoms with E-state index in [1.54, 1.807) is 7.11 Å². The summed E-state index contributed by atoms with van der Waals surface area (Å²) in [4.78, 5) is 4.38. The van der Waals surface area contributed by atoms with Crippen LogP contribution >= 0.6 is 11.8 Å². The lowest BCUT2D eigenvalue weighted by molar-refractivity contribution is 0.375. The van der Waals surface area contributed by atoms with Crippen molar-refractivity contribution >= 4 is 11.8 Å². The first-order valence-electron chi connectivity index (χ1n) is 7.71. The lowest BCUT2D eigenvalue weighted by Gasteiger charge is -2.05. The van der Waals surface area contributed by atoms with Gasteiger partial charge in [-0.25, -0.2) is 0 Å². The Bertz CT molecular complexity index is 828. The van der Waals surface area contributed by atoms with E-state index in [4.69, 9.17) is 13.7 Å². The van der Waals surface area contributed by atoms with Crippen LogP contribution in [-0.2, 0) is 12.2 Å². The van der Waals surface area contributed by atoms with Gasteiger partial charge in [-0.1, -0.05) is 35.1 Å². The maximum Gasteiger partial charge on any atom is 0.277 e. The van der Waals surface area contributed by atoms with Gasteiger partial charge in [-0.15, -0.1) is 10.2 Å². The minimum atomic E-state index is 0.465. The summed E-state index contributed by atoms with van der Waals surface area (Å²) < 4.78 is 16.2. The summed E-state index contributed by atoms with van der Waals surface area (Å²) in [6.45, 7) is 0. The van der Waals surface area contributed by atoms with E-state index in [0.717, 1.165) is 30.0 Å². The Morgan fingerprint density at radius 2 is 2.12 bits per heavy atom. The third-order valence-corrected chi connectivity index (χ3v) is 4.53. The second-order valence-electron chi connectivity index (χ2n) is 5.56. The molecule has 1 fully saturated rings. The molecule has 24 heavy (non-hydrogen) atoms. The van der Waals surface area contributed by atoms with Gasteiger partial charge >= 0.3 is 0 Å². The van der Waals surface area contributed by atoms with Gasteiger partial charge in [0.1, 0.15) is 5.75 Å². The monoisotopic (exact) mass is 344 g/mol. The summed E-state index contributed by atoms with van der Waals surface area (Å²) in [7, 11) is 1.65. The predicted octanol–water partition coefficient (Wildman–Crippen LogP) is 3.22. The molecular weight excluding hydrogens is 328 g/mol. The Hall–Kier alpha value is -2.35. The quantitative estimate of drug-likeness (QED) is 0.604. The second-order valence-corrected chi connectivity index (χ2v) is 6.49. The Balaban J connectivity index is 1.37. The molecular formula is C16H16N4O3S. The smallest absolute Gasteiger partial charge is 0.277 e. The number of hydrogen-bond donors (Lipinski definition) is 0. The summed E-state index contributed by atoms with van der Waals surface area (Å²) in [5, 5.41) is 12.6. The molecule has 0 N–H and O–H groups in total. The van der Waals surface area contributed by atoms with Crippen LogP contribution in [0.3, 0.4) is 0 Å². The van der Waals surface area contributed by atoms with E-state index in [1.165, 1.54) is 11.8 Å². The van der Waals surface area contributed by atoms with E-state index in [1.807, 2.05) is 24.3 Å². The molecule has 1 saturated carbocycles. The van der Waals surface area contributed by atoms with Gasteiger partial charge in [-0.2, -0.15) is 4.98 Å². The normalized spacial score (nSPS) is 14.0. The molecule has 3 aromatic rings. The summed E-state index contributed by atoms with van der Waals surface area (Å²) in [5.41, 5.74) is 1.01. The maximum atomic E-state index is 5.67. The number of methoxy groups -OCH3 is 1. The number of para-hydroxylation sites is 1. The Morgan fingerprint density at radius 3 is 2.96 bits per heavy atom. The molecule has 1 aliphatic carbocycles. The number of aromatic nitrogens is 4. The van der Waals surface area contributed by atoms with Gasteiger partial charge in [0.05, 0.1) is 19.3 Å². The topological polar surface area (TPSA) is 87.1 Å². The van der Waals surface area contributed by atoms with Crippen LogP contribution in [0.25, 0.3) is 0 Å². The van der Waals surface area contributed by atoms with Gasteiger partial charge in [0, 0.05) is 11.5 Å². The first-order chi connectivity index (χ1) is 11.8. The minimum absolute atomic E-state index is 0.465. The number of benzene rings is 1. The van der Waals surface area contributed by atoms with Crippen molar-refractivity contribution in [3.63, 3.8) is 0 Å². The second kappa shape index (κ2) is 6.64. The van der Waals surface area contributed by atoms with Crippen molar-refractivity contribution < 1.29 is 13.7 Å². The lowest BCUT2D eigenvalue weighted by atomic mass is 10.1. The van der Waals surface area contributed by atoms with Gasteiger partial charge in [-0.05, 0) is 18.9 Å². The van der Waals surface area contributed by atoms with Crippen molar-refractivity contribution in [2.75, 3.05) is 7.11 Å². The molecule has 4 rings (SSSR count). The molecule has 0 unspecified atom stereocenters. The summed E-state index contributed by atoms with van der Waals surface area (Å²) in [6, 6.07) is 7.78. The lowest BCUT2D eigenvalue weighted by Crippen LogP contribution is -1.93. The van der Waals surface area contributed by atoms with Crippen molar-refractivity contribution in [2.24, 2.45) is 0 Å². The van der Waals surface area contributed by atoms with Crippen LogP contribution in [0.15, 0.2) is 38.4 Å². The fourth-order valence-electron chi connectivity index (χ4n) is 2.33. The zero-order valence-electron chi connectivity index (χ0n) is 13.1. The van der Waals surface area contributed by atoms with Crippen molar-refractivity contribution in [1.82, 2.24) is 20.3 Å². The fraction of sp³-hybridized carbons (Fsp3) is 0.375. The number of thioether (sulfide) groups is 1. The molecule has 0 atom stereocenters. The predicted molar refractivity (Wildman–Crippen MR) is 85.9 cm³/mol. The average Bonchev–Trinajstić information content (AvgIpc) is 3.18. The van der Waals surface area contributed by atoms with Crippen molar-refractivity contribution in [2.45, 2.75) is 36.2 Å². The SMILES string of the molecule is COc1ccccc1Cc1nnc(SCc2noc(C3CC3)n2)o1. The number of rotatable bonds is 7. The zero-order chi connectivity index (χ0) is 16.4. The van der Waals surface area contributed by atoms with E-state index in [0.29, 0.717) is 35.0 Å². The molecule has 0 saturated heterocycles. The summed E-state index contributed by atoms with van der Waals surface area (Å²) >= 11 is 1.40.